The molecule has 4 heteroatoms. The van der Waals surface area contributed by atoms with Gasteiger partial charge in [0.1, 0.15) is 11.6 Å². The highest BCUT2D eigenvalue weighted by Gasteiger charge is 2.36. The second kappa shape index (κ2) is 5.95. The molecule has 0 aromatic heterocycles. The molecule has 0 aliphatic rings. The van der Waals surface area contributed by atoms with Crippen LogP contribution < -0.4 is 4.74 Å². The molecular formula is C17H17FO3. The summed E-state index contributed by atoms with van der Waals surface area (Å²) >= 11 is 0. The van der Waals surface area contributed by atoms with E-state index in [1.54, 1.807) is 20.1 Å². The van der Waals surface area contributed by atoms with Crippen LogP contribution in [0, 0.1) is 5.82 Å². The van der Waals surface area contributed by atoms with Crippen LogP contribution in [0.2, 0.25) is 0 Å². The van der Waals surface area contributed by atoms with Crippen molar-refractivity contribution in [3.8, 4) is 5.75 Å². The van der Waals surface area contributed by atoms with Crippen LogP contribution in [-0.2, 0) is 16.6 Å². The van der Waals surface area contributed by atoms with E-state index in [0.29, 0.717) is 11.3 Å². The van der Waals surface area contributed by atoms with Crippen molar-refractivity contribution >= 4 is 5.97 Å². The minimum absolute atomic E-state index is 0.262. The number of hydrogen-bond donors (Lipinski definition) is 1. The van der Waals surface area contributed by atoms with Crippen molar-refractivity contribution in [2.24, 2.45) is 0 Å². The summed E-state index contributed by atoms with van der Waals surface area (Å²) in [6.07, 6.45) is 0.262. The topological polar surface area (TPSA) is 46.5 Å². The summed E-state index contributed by atoms with van der Waals surface area (Å²) in [6, 6.07) is 12.9. The number of benzene rings is 2. The average Bonchev–Trinajstić information content (AvgIpc) is 2.48. The van der Waals surface area contributed by atoms with E-state index in [1.807, 2.05) is 18.2 Å². The number of aliphatic carboxylic acids is 1. The molecule has 0 spiro atoms. The predicted octanol–water partition coefficient (Wildman–Crippen LogP) is 3.42. The van der Waals surface area contributed by atoms with Gasteiger partial charge in [-0.1, -0.05) is 30.3 Å². The number of carboxylic acids is 1. The molecule has 0 saturated carbocycles. The smallest absolute Gasteiger partial charge is 0.314 e. The fraction of sp³-hybridized carbons (Fsp3) is 0.235. The van der Waals surface area contributed by atoms with Crippen molar-refractivity contribution in [2.45, 2.75) is 18.8 Å². The number of carbonyl (C=O) groups is 1. The number of methoxy groups -OCH3 is 1. The first-order chi connectivity index (χ1) is 9.97. The van der Waals surface area contributed by atoms with Gasteiger partial charge in [-0.25, -0.2) is 4.39 Å². The van der Waals surface area contributed by atoms with Gasteiger partial charge in [0.05, 0.1) is 12.5 Å². The van der Waals surface area contributed by atoms with Crippen molar-refractivity contribution in [2.75, 3.05) is 7.11 Å². The molecule has 0 amide bonds. The molecule has 0 aliphatic heterocycles. The number of para-hydroxylation sites is 1. The van der Waals surface area contributed by atoms with E-state index in [1.165, 1.54) is 24.3 Å². The van der Waals surface area contributed by atoms with E-state index in [0.717, 1.165) is 5.56 Å². The fourth-order valence-corrected chi connectivity index (χ4v) is 2.35. The first-order valence-corrected chi connectivity index (χ1v) is 6.58. The summed E-state index contributed by atoms with van der Waals surface area (Å²) in [5, 5.41) is 9.65. The third-order valence-electron chi connectivity index (χ3n) is 3.69. The molecule has 2 aromatic rings. The molecule has 21 heavy (non-hydrogen) atoms. The lowest BCUT2D eigenvalue weighted by molar-refractivity contribution is -0.143. The molecular weight excluding hydrogens is 271 g/mol. The van der Waals surface area contributed by atoms with Crippen LogP contribution >= 0.6 is 0 Å². The number of hydrogen-bond acceptors (Lipinski definition) is 2. The molecule has 0 fully saturated rings. The third kappa shape index (κ3) is 3.05. The maximum absolute atomic E-state index is 13.1. The Balaban J connectivity index is 2.43. The third-order valence-corrected chi connectivity index (χ3v) is 3.69. The summed E-state index contributed by atoms with van der Waals surface area (Å²) in [4.78, 5) is 11.8. The maximum Gasteiger partial charge on any atom is 0.314 e. The first kappa shape index (κ1) is 15.0. The minimum atomic E-state index is -1.15. The minimum Gasteiger partial charge on any atom is -0.496 e. The largest absolute Gasteiger partial charge is 0.496 e. The van der Waals surface area contributed by atoms with E-state index < -0.39 is 11.4 Å². The molecule has 0 saturated heterocycles. The first-order valence-electron chi connectivity index (χ1n) is 6.58. The van der Waals surface area contributed by atoms with Gasteiger partial charge in [0, 0.05) is 0 Å². The van der Waals surface area contributed by atoms with Crippen LogP contribution in [0.25, 0.3) is 0 Å². The lowest BCUT2D eigenvalue weighted by Gasteiger charge is -2.26. The van der Waals surface area contributed by atoms with Crippen LogP contribution in [-0.4, -0.2) is 18.2 Å². The van der Waals surface area contributed by atoms with E-state index in [-0.39, 0.29) is 12.2 Å². The molecule has 0 radical (unpaired) electrons. The molecule has 110 valence electrons. The maximum atomic E-state index is 13.1. The highest BCUT2D eigenvalue weighted by atomic mass is 19.1. The Bertz CT molecular complexity index is 637. The van der Waals surface area contributed by atoms with Crippen LogP contribution in [0.1, 0.15) is 18.1 Å². The standard InChI is InChI=1S/C17H17FO3/c1-17(16(19)20,13-7-9-14(18)10-8-13)11-12-5-3-4-6-15(12)21-2/h3-10H,11H2,1-2H3,(H,19,20). The zero-order valence-corrected chi connectivity index (χ0v) is 12.0. The van der Waals surface area contributed by atoms with Crippen molar-refractivity contribution in [3.63, 3.8) is 0 Å². The summed E-state index contributed by atoms with van der Waals surface area (Å²) in [5.74, 6) is -0.698. The lowest BCUT2D eigenvalue weighted by Crippen LogP contribution is -2.35. The number of ether oxygens (including phenoxy) is 1. The van der Waals surface area contributed by atoms with Crippen molar-refractivity contribution < 1.29 is 19.0 Å². The van der Waals surface area contributed by atoms with Gasteiger partial charge in [-0.05, 0) is 42.7 Å². The van der Waals surface area contributed by atoms with Crippen LogP contribution in [0.3, 0.4) is 0 Å². The van der Waals surface area contributed by atoms with Gasteiger partial charge in [0.2, 0.25) is 0 Å². The van der Waals surface area contributed by atoms with Gasteiger partial charge in [0.25, 0.3) is 0 Å². The van der Waals surface area contributed by atoms with Crippen LogP contribution in [0.5, 0.6) is 5.75 Å². The summed E-state index contributed by atoms with van der Waals surface area (Å²) in [6.45, 7) is 1.63. The van der Waals surface area contributed by atoms with Crippen molar-refractivity contribution in [1.29, 1.82) is 0 Å². The second-order valence-corrected chi connectivity index (χ2v) is 5.13. The van der Waals surface area contributed by atoms with E-state index in [9.17, 15) is 14.3 Å². The summed E-state index contributed by atoms with van der Waals surface area (Å²) < 4.78 is 18.3. The summed E-state index contributed by atoms with van der Waals surface area (Å²) in [7, 11) is 1.55. The van der Waals surface area contributed by atoms with Gasteiger partial charge in [0.15, 0.2) is 0 Å². The SMILES string of the molecule is COc1ccccc1CC(C)(C(=O)O)c1ccc(F)cc1. The normalized spacial score (nSPS) is 13.5. The number of rotatable bonds is 5. The second-order valence-electron chi connectivity index (χ2n) is 5.13. The van der Waals surface area contributed by atoms with Crippen LogP contribution in [0.4, 0.5) is 4.39 Å². The molecule has 0 heterocycles. The van der Waals surface area contributed by atoms with Gasteiger partial charge >= 0.3 is 5.97 Å². The Labute approximate surface area is 123 Å². The molecule has 1 unspecified atom stereocenters. The van der Waals surface area contributed by atoms with Gasteiger partial charge in [-0.2, -0.15) is 0 Å². The molecule has 1 N–H and O–H groups in total. The molecule has 0 aliphatic carbocycles. The van der Waals surface area contributed by atoms with Crippen LogP contribution in [0.15, 0.2) is 48.5 Å². The lowest BCUT2D eigenvalue weighted by atomic mass is 9.77. The fourth-order valence-electron chi connectivity index (χ4n) is 2.35. The Kier molecular flexibility index (Phi) is 4.26. The molecule has 2 aromatic carbocycles. The van der Waals surface area contributed by atoms with Gasteiger partial charge < -0.3 is 9.84 Å². The average molecular weight is 288 g/mol. The summed E-state index contributed by atoms with van der Waals surface area (Å²) in [5.41, 5.74) is 0.207. The Morgan fingerprint density at radius 2 is 1.81 bits per heavy atom. The zero-order chi connectivity index (χ0) is 15.5. The molecule has 3 nitrogen and oxygen atoms in total. The highest BCUT2D eigenvalue weighted by Crippen LogP contribution is 2.32. The van der Waals surface area contributed by atoms with E-state index in [4.69, 9.17) is 4.74 Å². The van der Waals surface area contributed by atoms with Crippen molar-refractivity contribution in [3.05, 3.63) is 65.5 Å². The Hall–Kier alpha value is -2.36. The predicted molar refractivity (Wildman–Crippen MR) is 78.1 cm³/mol. The highest BCUT2D eigenvalue weighted by molar-refractivity contribution is 5.81. The Morgan fingerprint density at radius 3 is 2.38 bits per heavy atom. The number of halogens is 1. The Morgan fingerprint density at radius 1 is 1.19 bits per heavy atom. The van der Waals surface area contributed by atoms with E-state index >= 15 is 0 Å². The molecule has 1 atom stereocenters. The van der Waals surface area contributed by atoms with E-state index in [2.05, 4.69) is 0 Å². The monoisotopic (exact) mass is 288 g/mol. The quantitative estimate of drug-likeness (QED) is 0.917. The van der Waals surface area contributed by atoms with Gasteiger partial charge in [-0.3, -0.25) is 4.79 Å². The number of carboxylic acid groups (broad SMARTS) is 1. The zero-order valence-electron chi connectivity index (χ0n) is 12.0. The molecule has 2 rings (SSSR count). The molecule has 0 bridgehead atoms. The van der Waals surface area contributed by atoms with Gasteiger partial charge in [-0.15, -0.1) is 0 Å². The van der Waals surface area contributed by atoms with Crippen molar-refractivity contribution in [1.82, 2.24) is 0 Å².